The van der Waals surface area contributed by atoms with E-state index in [0.29, 0.717) is 12.2 Å². The molecular formula is C35H39N3O4. The lowest BCUT2D eigenvalue weighted by Crippen LogP contribution is -2.43. The molecule has 42 heavy (non-hydrogen) atoms. The van der Waals surface area contributed by atoms with Crippen molar-refractivity contribution in [1.29, 1.82) is 0 Å². The van der Waals surface area contributed by atoms with Crippen LogP contribution in [0.25, 0.3) is 0 Å². The molecule has 0 saturated carbocycles. The Hall–Kier alpha value is -4.01. The average Bonchev–Trinajstić information content (AvgIpc) is 3.02. The summed E-state index contributed by atoms with van der Waals surface area (Å²) in [6, 6.07) is 35.5. The molecule has 7 nitrogen and oxygen atoms in total. The Kier molecular flexibility index (Phi) is 10.0. The van der Waals surface area contributed by atoms with E-state index in [1.54, 1.807) is 0 Å². The number of ether oxygens (including phenoxy) is 2. The van der Waals surface area contributed by atoms with Gasteiger partial charge in [-0.1, -0.05) is 104 Å². The van der Waals surface area contributed by atoms with E-state index >= 15 is 0 Å². The lowest BCUT2D eigenvalue weighted by atomic mass is 9.90. The zero-order chi connectivity index (χ0) is 29.3. The number of carbonyl (C=O) groups excluding carboxylic acids is 1. The van der Waals surface area contributed by atoms with Crippen molar-refractivity contribution >= 4 is 11.7 Å². The summed E-state index contributed by atoms with van der Waals surface area (Å²) in [7, 11) is 2.11. The van der Waals surface area contributed by atoms with Gasteiger partial charge in [0, 0.05) is 36.8 Å². The summed E-state index contributed by atoms with van der Waals surface area (Å²) in [5.74, 6) is 0.0736. The predicted octanol–water partition coefficient (Wildman–Crippen LogP) is 6.42. The van der Waals surface area contributed by atoms with Gasteiger partial charge >= 0.3 is 6.03 Å². The van der Waals surface area contributed by atoms with Gasteiger partial charge in [-0.25, -0.2) is 4.79 Å². The van der Waals surface area contributed by atoms with Crippen LogP contribution in [0.1, 0.15) is 47.1 Å². The Morgan fingerprint density at radius 2 is 1.50 bits per heavy atom. The SMILES string of the molecule is CC1C(CN(C)Cc2ccccc2)OC(c2cccc(NC(=O)NCc3ccccc3)c2)OC1c1ccc(CO)cc1. The third-order valence-corrected chi connectivity index (χ3v) is 7.62. The summed E-state index contributed by atoms with van der Waals surface area (Å²) in [4.78, 5) is 14.9. The number of carbonyl (C=O) groups is 1. The molecule has 4 aromatic carbocycles. The predicted molar refractivity (Wildman–Crippen MR) is 164 cm³/mol. The number of hydrogen-bond acceptors (Lipinski definition) is 5. The molecule has 0 aliphatic carbocycles. The van der Waals surface area contributed by atoms with Gasteiger partial charge in [-0.3, -0.25) is 4.90 Å². The molecule has 0 radical (unpaired) electrons. The lowest BCUT2D eigenvalue weighted by Gasteiger charge is -2.42. The maximum Gasteiger partial charge on any atom is 0.319 e. The zero-order valence-corrected chi connectivity index (χ0v) is 24.1. The first-order valence-electron chi connectivity index (χ1n) is 14.4. The topological polar surface area (TPSA) is 83.1 Å². The number of amides is 2. The minimum Gasteiger partial charge on any atom is -0.392 e. The monoisotopic (exact) mass is 565 g/mol. The van der Waals surface area contributed by atoms with E-state index in [1.165, 1.54) is 5.56 Å². The first-order valence-corrected chi connectivity index (χ1v) is 14.4. The minimum atomic E-state index is -0.618. The Labute approximate surface area is 248 Å². The van der Waals surface area contributed by atoms with E-state index < -0.39 is 6.29 Å². The molecule has 0 bridgehead atoms. The van der Waals surface area contributed by atoms with Gasteiger partial charge in [-0.2, -0.15) is 0 Å². The Bertz CT molecular complexity index is 1420. The quantitative estimate of drug-likeness (QED) is 0.207. The van der Waals surface area contributed by atoms with Crippen molar-refractivity contribution in [1.82, 2.24) is 10.2 Å². The van der Waals surface area contributed by atoms with Crippen molar-refractivity contribution in [2.45, 2.75) is 45.1 Å². The fourth-order valence-corrected chi connectivity index (χ4v) is 5.31. The Morgan fingerprint density at radius 3 is 2.19 bits per heavy atom. The van der Waals surface area contributed by atoms with Crippen molar-refractivity contribution < 1.29 is 19.4 Å². The smallest absolute Gasteiger partial charge is 0.319 e. The van der Waals surface area contributed by atoms with Crippen LogP contribution < -0.4 is 10.6 Å². The molecule has 1 saturated heterocycles. The summed E-state index contributed by atoms with van der Waals surface area (Å²) in [6.07, 6.45) is -0.934. The number of likely N-dealkylation sites (N-methyl/N-ethyl adjacent to an activating group) is 1. The van der Waals surface area contributed by atoms with Crippen LogP contribution in [0.15, 0.2) is 109 Å². The number of aliphatic hydroxyl groups excluding tert-OH is 1. The maximum absolute atomic E-state index is 12.6. The summed E-state index contributed by atoms with van der Waals surface area (Å²) in [6.45, 7) is 4.14. The number of rotatable bonds is 10. The van der Waals surface area contributed by atoms with Gasteiger partial charge < -0.3 is 25.2 Å². The highest BCUT2D eigenvalue weighted by atomic mass is 16.7. The molecule has 4 unspecified atom stereocenters. The van der Waals surface area contributed by atoms with Crippen molar-refractivity contribution in [3.05, 3.63) is 137 Å². The molecule has 1 fully saturated rings. The molecule has 4 aromatic rings. The third kappa shape index (κ3) is 7.84. The molecular weight excluding hydrogens is 526 g/mol. The lowest BCUT2D eigenvalue weighted by molar-refractivity contribution is -0.276. The van der Waals surface area contributed by atoms with E-state index in [9.17, 15) is 9.90 Å². The van der Waals surface area contributed by atoms with Gasteiger partial charge in [0.05, 0.1) is 18.8 Å². The number of aliphatic hydroxyl groups is 1. The Morgan fingerprint density at radius 1 is 0.810 bits per heavy atom. The van der Waals surface area contributed by atoms with Crippen LogP contribution >= 0.6 is 0 Å². The number of hydrogen-bond donors (Lipinski definition) is 3. The average molecular weight is 566 g/mol. The van der Waals surface area contributed by atoms with Gasteiger partial charge in [-0.15, -0.1) is 0 Å². The van der Waals surface area contributed by atoms with Crippen LogP contribution in [-0.4, -0.2) is 35.7 Å². The van der Waals surface area contributed by atoms with Crippen LogP contribution in [0, 0.1) is 5.92 Å². The summed E-state index contributed by atoms with van der Waals surface area (Å²) in [5.41, 5.74) is 5.66. The molecule has 0 spiro atoms. The van der Waals surface area contributed by atoms with Gasteiger partial charge in [-0.05, 0) is 41.4 Å². The van der Waals surface area contributed by atoms with Gasteiger partial charge in [0.2, 0.25) is 0 Å². The van der Waals surface area contributed by atoms with Crippen molar-refractivity contribution in [2.75, 3.05) is 18.9 Å². The molecule has 0 aromatic heterocycles. The Balaban J connectivity index is 1.32. The molecule has 3 N–H and O–H groups in total. The molecule has 1 aliphatic rings. The van der Waals surface area contributed by atoms with E-state index in [4.69, 9.17) is 9.47 Å². The van der Waals surface area contributed by atoms with Crippen molar-refractivity contribution in [3.8, 4) is 0 Å². The van der Waals surface area contributed by atoms with Gasteiger partial charge in [0.15, 0.2) is 6.29 Å². The van der Waals surface area contributed by atoms with E-state index in [0.717, 1.165) is 35.3 Å². The molecule has 218 valence electrons. The molecule has 2 amide bonds. The van der Waals surface area contributed by atoms with E-state index in [1.807, 2.05) is 84.9 Å². The van der Waals surface area contributed by atoms with E-state index in [-0.39, 0.29) is 30.8 Å². The molecule has 4 atom stereocenters. The van der Waals surface area contributed by atoms with Gasteiger partial charge in [0.25, 0.3) is 0 Å². The molecule has 5 rings (SSSR count). The van der Waals surface area contributed by atoms with Crippen LogP contribution in [0.2, 0.25) is 0 Å². The standard InChI is InChI=1S/C35H39N3O4/c1-25-32(23-38(2)22-27-12-7-4-8-13-27)41-34(42-33(25)29-18-16-28(24-39)17-19-29)30-14-9-15-31(20-30)37-35(40)36-21-26-10-5-3-6-11-26/h3-20,25,32-34,39H,21-24H2,1-2H3,(H2,36,37,40). The molecule has 1 aliphatic heterocycles. The van der Waals surface area contributed by atoms with E-state index in [2.05, 4.69) is 53.8 Å². The number of anilines is 1. The second-order valence-electron chi connectivity index (χ2n) is 10.9. The van der Waals surface area contributed by atoms with Crippen molar-refractivity contribution in [2.24, 2.45) is 5.92 Å². The molecule has 1 heterocycles. The van der Waals surface area contributed by atoms with Crippen LogP contribution in [0.5, 0.6) is 0 Å². The molecule has 7 heteroatoms. The second kappa shape index (κ2) is 14.2. The highest BCUT2D eigenvalue weighted by Gasteiger charge is 2.38. The first-order chi connectivity index (χ1) is 20.5. The van der Waals surface area contributed by atoms with Gasteiger partial charge in [0.1, 0.15) is 0 Å². The number of benzene rings is 4. The normalized spacial score (nSPS) is 20.3. The van der Waals surface area contributed by atoms with Crippen molar-refractivity contribution in [3.63, 3.8) is 0 Å². The number of nitrogens with one attached hydrogen (secondary N) is 2. The highest BCUT2D eigenvalue weighted by Crippen LogP contribution is 2.42. The highest BCUT2D eigenvalue weighted by molar-refractivity contribution is 5.89. The summed E-state index contributed by atoms with van der Waals surface area (Å²) in [5, 5.41) is 15.4. The minimum absolute atomic E-state index is 0.00127. The third-order valence-electron chi connectivity index (χ3n) is 7.62. The summed E-state index contributed by atoms with van der Waals surface area (Å²) < 4.78 is 13.2. The van der Waals surface area contributed by atoms with Crippen LogP contribution in [0.3, 0.4) is 0 Å². The van der Waals surface area contributed by atoms with Crippen LogP contribution in [0.4, 0.5) is 10.5 Å². The fourth-order valence-electron chi connectivity index (χ4n) is 5.31. The number of urea groups is 1. The largest absolute Gasteiger partial charge is 0.392 e. The second-order valence-corrected chi connectivity index (χ2v) is 10.9. The number of nitrogens with zero attached hydrogens (tertiary/aromatic N) is 1. The van der Waals surface area contributed by atoms with Crippen LogP contribution in [-0.2, 0) is 29.2 Å². The fraction of sp³-hybridized carbons (Fsp3) is 0.286. The zero-order valence-electron chi connectivity index (χ0n) is 24.1. The maximum atomic E-state index is 12.6. The first kappa shape index (κ1) is 29.5. The summed E-state index contributed by atoms with van der Waals surface area (Å²) >= 11 is 0.